The highest BCUT2D eigenvalue weighted by molar-refractivity contribution is 5.75. The highest BCUT2D eigenvalue weighted by Gasteiger charge is 2.15. The molecule has 152 valence electrons. The van der Waals surface area contributed by atoms with Crippen LogP contribution in [0.1, 0.15) is 64.9 Å². The molecule has 1 rings (SSSR count). The molecule has 0 aliphatic rings. The monoisotopic (exact) mass is 378 g/mol. The molecule has 6 heteroatoms. The van der Waals surface area contributed by atoms with Crippen molar-refractivity contribution in [2.24, 2.45) is 0 Å². The topological polar surface area (TPSA) is 87.7 Å². The van der Waals surface area contributed by atoms with E-state index in [-0.39, 0.29) is 5.91 Å². The molecule has 27 heavy (non-hydrogen) atoms. The van der Waals surface area contributed by atoms with Gasteiger partial charge in [-0.3, -0.25) is 4.79 Å². The molecule has 0 unspecified atom stereocenters. The third-order valence-electron chi connectivity index (χ3n) is 3.92. The summed E-state index contributed by atoms with van der Waals surface area (Å²) in [5.74, 6) is 0.322. The zero-order valence-electron chi connectivity index (χ0n) is 16.8. The van der Waals surface area contributed by atoms with E-state index in [1.54, 1.807) is 12.1 Å². The molecule has 0 aromatic heterocycles. The number of rotatable bonds is 11. The number of carbonyl (C=O) groups excluding carboxylic acids is 2. The Bertz CT molecular complexity index is 565. The summed E-state index contributed by atoms with van der Waals surface area (Å²) >= 11 is 0. The van der Waals surface area contributed by atoms with Crippen LogP contribution in [0.3, 0.4) is 0 Å². The standard InChI is InChI=1S/C21H34N2O4/c1-21(2,3)27-20(26)23-16-15-22-19(25)10-8-6-4-5-7-9-17-11-13-18(24)14-12-17/h11-14,24H,4-10,15-16H2,1-3H3,(H,22,25)(H,23,26). The molecule has 0 atom stereocenters. The van der Waals surface area contributed by atoms with Crippen molar-refractivity contribution >= 4 is 12.0 Å². The van der Waals surface area contributed by atoms with Gasteiger partial charge in [-0.25, -0.2) is 4.79 Å². The number of hydrogen-bond acceptors (Lipinski definition) is 4. The molecule has 0 radical (unpaired) electrons. The van der Waals surface area contributed by atoms with Crippen LogP contribution in [0.15, 0.2) is 24.3 Å². The van der Waals surface area contributed by atoms with E-state index in [0.717, 1.165) is 38.5 Å². The molecular weight excluding hydrogens is 344 g/mol. The van der Waals surface area contributed by atoms with Crippen molar-refractivity contribution in [1.82, 2.24) is 10.6 Å². The fraction of sp³-hybridized carbons (Fsp3) is 0.619. The van der Waals surface area contributed by atoms with E-state index in [4.69, 9.17) is 4.74 Å². The molecule has 1 aromatic rings. The van der Waals surface area contributed by atoms with Gasteiger partial charge in [0.05, 0.1) is 0 Å². The summed E-state index contributed by atoms with van der Waals surface area (Å²) in [7, 11) is 0. The minimum atomic E-state index is -0.516. The molecular formula is C21H34N2O4. The van der Waals surface area contributed by atoms with E-state index in [1.807, 2.05) is 32.9 Å². The quantitative estimate of drug-likeness (QED) is 0.509. The first-order valence-corrected chi connectivity index (χ1v) is 9.78. The smallest absolute Gasteiger partial charge is 0.407 e. The van der Waals surface area contributed by atoms with E-state index in [2.05, 4.69) is 10.6 Å². The summed E-state index contributed by atoms with van der Waals surface area (Å²) < 4.78 is 5.12. The van der Waals surface area contributed by atoms with Crippen molar-refractivity contribution in [2.75, 3.05) is 13.1 Å². The fourth-order valence-electron chi connectivity index (χ4n) is 2.58. The Morgan fingerprint density at radius 2 is 1.52 bits per heavy atom. The average Bonchev–Trinajstić information content (AvgIpc) is 2.58. The first kappa shape index (κ1) is 22.8. The van der Waals surface area contributed by atoms with Crippen LogP contribution >= 0.6 is 0 Å². The maximum atomic E-state index is 11.7. The first-order valence-electron chi connectivity index (χ1n) is 9.78. The van der Waals surface area contributed by atoms with Crippen LogP contribution in [-0.2, 0) is 16.0 Å². The molecule has 0 heterocycles. The number of carbonyl (C=O) groups is 2. The summed E-state index contributed by atoms with van der Waals surface area (Å²) in [5.41, 5.74) is 0.726. The van der Waals surface area contributed by atoms with E-state index in [9.17, 15) is 14.7 Å². The second-order valence-electron chi connectivity index (χ2n) is 7.71. The van der Waals surface area contributed by atoms with Gasteiger partial charge in [-0.15, -0.1) is 0 Å². The molecule has 0 aliphatic heterocycles. The zero-order chi connectivity index (χ0) is 20.1. The first-order chi connectivity index (χ1) is 12.8. The van der Waals surface area contributed by atoms with Crippen LogP contribution in [0, 0.1) is 0 Å². The SMILES string of the molecule is CC(C)(C)OC(=O)NCCNC(=O)CCCCCCCc1ccc(O)cc1. The lowest BCUT2D eigenvalue weighted by Crippen LogP contribution is -2.37. The second-order valence-corrected chi connectivity index (χ2v) is 7.71. The molecule has 0 bridgehead atoms. The number of ether oxygens (including phenoxy) is 1. The number of hydrogen-bond donors (Lipinski definition) is 3. The normalized spacial score (nSPS) is 11.1. The third kappa shape index (κ3) is 12.7. The van der Waals surface area contributed by atoms with Crippen molar-refractivity contribution in [3.63, 3.8) is 0 Å². The number of unbranched alkanes of at least 4 members (excludes halogenated alkanes) is 4. The Morgan fingerprint density at radius 3 is 2.19 bits per heavy atom. The Kier molecular flexibility index (Phi) is 10.3. The number of benzene rings is 1. The maximum absolute atomic E-state index is 11.7. The van der Waals surface area contributed by atoms with E-state index in [0.29, 0.717) is 25.3 Å². The largest absolute Gasteiger partial charge is 0.508 e. The third-order valence-corrected chi connectivity index (χ3v) is 3.92. The number of amides is 2. The minimum Gasteiger partial charge on any atom is -0.508 e. The number of alkyl carbamates (subject to hydrolysis) is 1. The van der Waals surface area contributed by atoms with Gasteiger partial charge in [0.2, 0.25) is 5.91 Å². The van der Waals surface area contributed by atoms with Crippen LogP contribution in [0.2, 0.25) is 0 Å². The predicted molar refractivity (Wildman–Crippen MR) is 107 cm³/mol. The zero-order valence-corrected chi connectivity index (χ0v) is 16.8. The lowest BCUT2D eigenvalue weighted by molar-refractivity contribution is -0.121. The summed E-state index contributed by atoms with van der Waals surface area (Å²) in [6.45, 7) is 6.19. The average molecular weight is 379 g/mol. The highest BCUT2D eigenvalue weighted by Crippen LogP contribution is 2.13. The summed E-state index contributed by atoms with van der Waals surface area (Å²) in [6.07, 6.45) is 6.37. The molecule has 0 saturated carbocycles. The molecule has 6 nitrogen and oxygen atoms in total. The van der Waals surface area contributed by atoms with Crippen molar-refractivity contribution in [1.29, 1.82) is 0 Å². The van der Waals surface area contributed by atoms with Gasteiger partial charge in [-0.2, -0.15) is 0 Å². The molecule has 2 amide bonds. The maximum Gasteiger partial charge on any atom is 0.407 e. The van der Waals surface area contributed by atoms with E-state index >= 15 is 0 Å². The van der Waals surface area contributed by atoms with Gasteiger partial charge in [-0.05, 0) is 57.7 Å². The fourth-order valence-corrected chi connectivity index (χ4v) is 2.58. The number of aryl methyl sites for hydroxylation is 1. The summed E-state index contributed by atoms with van der Waals surface area (Å²) in [5, 5.41) is 14.7. The lowest BCUT2D eigenvalue weighted by atomic mass is 10.0. The molecule has 3 N–H and O–H groups in total. The van der Waals surface area contributed by atoms with Gasteiger partial charge in [0.1, 0.15) is 11.4 Å². The van der Waals surface area contributed by atoms with Crippen molar-refractivity contribution in [2.45, 2.75) is 71.3 Å². The molecule has 0 fully saturated rings. The van der Waals surface area contributed by atoms with Gasteiger partial charge >= 0.3 is 6.09 Å². The van der Waals surface area contributed by atoms with E-state index < -0.39 is 11.7 Å². The van der Waals surface area contributed by atoms with Gasteiger partial charge < -0.3 is 20.5 Å². The van der Waals surface area contributed by atoms with Gasteiger partial charge in [0, 0.05) is 19.5 Å². The Morgan fingerprint density at radius 1 is 0.926 bits per heavy atom. The molecule has 0 aliphatic carbocycles. The Labute approximate surface area is 162 Å². The van der Waals surface area contributed by atoms with Crippen LogP contribution in [0.5, 0.6) is 5.75 Å². The molecule has 0 spiro atoms. The van der Waals surface area contributed by atoms with Crippen molar-refractivity contribution < 1.29 is 19.4 Å². The minimum absolute atomic E-state index is 0.0186. The second kappa shape index (κ2) is 12.2. The predicted octanol–water partition coefficient (Wildman–Crippen LogP) is 3.92. The molecule has 0 saturated heterocycles. The van der Waals surface area contributed by atoms with Crippen LogP contribution in [0.25, 0.3) is 0 Å². The summed E-state index contributed by atoms with van der Waals surface area (Å²) in [4.78, 5) is 23.2. The van der Waals surface area contributed by atoms with Gasteiger partial charge in [-0.1, -0.05) is 31.4 Å². The van der Waals surface area contributed by atoms with Gasteiger partial charge in [0.15, 0.2) is 0 Å². The molecule has 1 aromatic carbocycles. The number of phenolic OH excluding ortho intramolecular Hbond substituents is 1. The van der Waals surface area contributed by atoms with Crippen LogP contribution < -0.4 is 10.6 Å². The number of phenols is 1. The lowest BCUT2D eigenvalue weighted by Gasteiger charge is -2.19. The van der Waals surface area contributed by atoms with Crippen molar-refractivity contribution in [3.05, 3.63) is 29.8 Å². The number of aromatic hydroxyl groups is 1. The Balaban J connectivity index is 1.93. The van der Waals surface area contributed by atoms with Crippen molar-refractivity contribution in [3.8, 4) is 5.75 Å². The highest BCUT2D eigenvalue weighted by atomic mass is 16.6. The van der Waals surface area contributed by atoms with Crippen LogP contribution in [-0.4, -0.2) is 35.8 Å². The van der Waals surface area contributed by atoms with E-state index in [1.165, 1.54) is 5.56 Å². The summed E-state index contributed by atoms with van der Waals surface area (Å²) in [6, 6.07) is 7.35. The Hall–Kier alpha value is -2.24. The number of nitrogens with one attached hydrogen (secondary N) is 2. The van der Waals surface area contributed by atoms with Gasteiger partial charge in [0.25, 0.3) is 0 Å². The van der Waals surface area contributed by atoms with Crippen LogP contribution in [0.4, 0.5) is 4.79 Å².